The minimum absolute atomic E-state index is 0. The first-order valence-corrected chi connectivity index (χ1v) is 7.18. The molecule has 0 saturated heterocycles. The van der Waals surface area contributed by atoms with E-state index in [0.29, 0.717) is 5.41 Å². The molecule has 0 aromatic rings. The zero-order valence-electron chi connectivity index (χ0n) is 11.4. The minimum Gasteiger partial charge on any atom is -0.355 e. The number of rotatable bonds is 5. The Morgan fingerprint density at radius 3 is 2.67 bits per heavy atom. The quantitative estimate of drug-likeness (QED) is 0.810. The fraction of sp³-hybridized carbons (Fsp3) is 0.929. The number of nitrogens with one attached hydrogen (secondary N) is 1. The summed E-state index contributed by atoms with van der Waals surface area (Å²) in [4.78, 5) is 12.1. The van der Waals surface area contributed by atoms with Gasteiger partial charge in [-0.2, -0.15) is 0 Å². The van der Waals surface area contributed by atoms with Crippen LogP contribution < -0.4 is 11.1 Å². The summed E-state index contributed by atoms with van der Waals surface area (Å²) in [5.41, 5.74) is 6.38. The monoisotopic (exact) mass is 274 g/mol. The smallest absolute Gasteiger partial charge is 0.223 e. The number of halogens is 1. The molecule has 2 saturated carbocycles. The van der Waals surface area contributed by atoms with Gasteiger partial charge in [-0.25, -0.2) is 0 Å². The second-order valence-corrected chi connectivity index (χ2v) is 6.09. The predicted molar refractivity (Wildman–Crippen MR) is 76.8 cm³/mol. The van der Waals surface area contributed by atoms with Gasteiger partial charge in [0, 0.05) is 18.5 Å². The Kier molecular flexibility index (Phi) is 5.93. The van der Waals surface area contributed by atoms with Crippen LogP contribution in [0.15, 0.2) is 0 Å². The van der Waals surface area contributed by atoms with E-state index in [0.717, 1.165) is 32.2 Å². The number of carbonyl (C=O) groups is 1. The van der Waals surface area contributed by atoms with E-state index >= 15 is 0 Å². The van der Waals surface area contributed by atoms with Crippen molar-refractivity contribution >= 4 is 18.3 Å². The van der Waals surface area contributed by atoms with Gasteiger partial charge in [0.25, 0.3) is 0 Å². The molecule has 2 rings (SSSR count). The fourth-order valence-electron chi connectivity index (χ4n) is 3.11. The molecular weight excluding hydrogens is 248 g/mol. The molecule has 18 heavy (non-hydrogen) atoms. The molecule has 2 aliphatic rings. The number of amides is 1. The molecule has 0 aromatic carbocycles. The van der Waals surface area contributed by atoms with Crippen molar-refractivity contribution in [2.45, 2.75) is 64.3 Å². The van der Waals surface area contributed by atoms with Crippen LogP contribution in [-0.4, -0.2) is 18.5 Å². The summed E-state index contributed by atoms with van der Waals surface area (Å²) in [6.45, 7) is 3.12. The molecule has 0 aliphatic heterocycles. The maximum absolute atomic E-state index is 12.1. The number of hydrogen-bond donors (Lipinski definition) is 2. The maximum Gasteiger partial charge on any atom is 0.223 e. The third-order valence-electron chi connectivity index (χ3n) is 4.46. The lowest BCUT2D eigenvalue weighted by atomic mass is 9.85. The molecule has 2 fully saturated rings. The molecule has 3 N–H and O–H groups in total. The summed E-state index contributed by atoms with van der Waals surface area (Å²) in [5.74, 6) is 0.429. The average molecular weight is 275 g/mol. The highest BCUT2D eigenvalue weighted by Gasteiger charge is 2.41. The van der Waals surface area contributed by atoms with Gasteiger partial charge in [0.1, 0.15) is 0 Å². The van der Waals surface area contributed by atoms with Gasteiger partial charge in [-0.05, 0) is 43.9 Å². The largest absolute Gasteiger partial charge is 0.355 e. The summed E-state index contributed by atoms with van der Waals surface area (Å²) >= 11 is 0. The molecule has 2 unspecified atom stereocenters. The first-order valence-electron chi connectivity index (χ1n) is 7.18. The second-order valence-electron chi connectivity index (χ2n) is 6.09. The molecule has 0 heterocycles. The molecule has 2 atom stereocenters. The van der Waals surface area contributed by atoms with Crippen molar-refractivity contribution in [1.82, 2.24) is 5.32 Å². The Labute approximate surface area is 117 Å². The molecule has 0 bridgehead atoms. The van der Waals surface area contributed by atoms with Crippen LogP contribution in [0.4, 0.5) is 0 Å². The lowest BCUT2D eigenvalue weighted by Gasteiger charge is -2.26. The first-order chi connectivity index (χ1) is 8.15. The number of nitrogens with two attached hydrogens (primary N) is 1. The molecule has 3 nitrogen and oxygen atoms in total. The lowest BCUT2D eigenvalue weighted by Crippen LogP contribution is -2.39. The van der Waals surface area contributed by atoms with Gasteiger partial charge in [0.15, 0.2) is 0 Å². The van der Waals surface area contributed by atoms with Crippen LogP contribution in [0.2, 0.25) is 0 Å². The van der Waals surface area contributed by atoms with Gasteiger partial charge in [0.2, 0.25) is 5.91 Å². The molecule has 0 spiro atoms. The highest BCUT2D eigenvalue weighted by Crippen LogP contribution is 2.49. The van der Waals surface area contributed by atoms with Crippen molar-refractivity contribution in [2.75, 3.05) is 6.54 Å². The molecule has 0 radical (unpaired) electrons. The minimum atomic E-state index is 0. The third-order valence-corrected chi connectivity index (χ3v) is 4.46. The van der Waals surface area contributed by atoms with Gasteiger partial charge in [-0.1, -0.05) is 19.8 Å². The lowest BCUT2D eigenvalue weighted by molar-refractivity contribution is -0.126. The number of hydrogen-bond acceptors (Lipinski definition) is 2. The van der Waals surface area contributed by atoms with E-state index < -0.39 is 0 Å². The third kappa shape index (κ3) is 4.13. The van der Waals surface area contributed by atoms with Crippen LogP contribution in [0, 0.1) is 11.3 Å². The van der Waals surface area contributed by atoms with Gasteiger partial charge in [-0.15, -0.1) is 12.4 Å². The second kappa shape index (κ2) is 6.76. The van der Waals surface area contributed by atoms with Crippen LogP contribution in [0.1, 0.15) is 58.3 Å². The highest BCUT2D eigenvalue weighted by molar-refractivity contribution is 5.85. The molecule has 4 heteroatoms. The molecular formula is C14H27ClN2O. The summed E-state index contributed by atoms with van der Waals surface area (Å²) in [6, 6.07) is 0.241. The summed E-state index contributed by atoms with van der Waals surface area (Å²) in [6.07, 6.45) is 9.19. The summed E-state index contributed by atoms with van der Waals surface area (Å²) < 4.78 is 0. The van der Waals surface area contributed by atoms with E-state index in [1.165, 1.54) is 25.7 Å². The van der Waals surface area contributed by atoms with Crippen molar-refractivity contribution < 1.29 is 4.79 Å². The first kappa shape index (κ1) is 15.8. The summed E-state index contributed by atoms with van der Waals surface area (Å²) in [5, 5.41) is 3.17. The number of carbonyl (C=O) groups excluding carboxylic acids is 1. The highest BCUT2D eigenvalue weighted by atomic mass is 35.5. The van der Waals surface area contributed by atoms with E-state index in [2.05, 4.69) is 12.2 Å². The van der Waals surface area contributed by atoms with Crippen molar-refractivity contribution in [1.29, 1.82) is 0 Å². The van der Waals surface area contributed by atoms with Gasteiger partial charge in [-0.3, -0.25) is 4.79 Å². The normalized spacial score (nSPS) is 29.2. The Morgan fingerprint density at radius 2 is 2.11 bits per heavy atom. The van der Waals surface area contributed by atoms with Crippen molar-refractivity contribution in [3.8, 4) is 0 Å². The Bertz CT molecular complexity index is 279. The van der Waals surface area contributed by atoms with E-state index in [-0.39, 0.29) is 30.3 Å². The predicted octanol–water partition coefficient (Wildman–Crippen LogP) is 2.62. The summed E-state index contributed by atoms with van der Waals surface area (Å²) in [7, 11) is 0. The van der Waals surface area contributed by atoms with Crippen LogP contribution in [0.3, 0.4) is 0 Å². The maximum atomic E-state index is 12.1. The van der Waals surface area contributed by atoms with Gasteiger partial charge in [0.05, 0.1) is 0 Å². The fourth-order valence-corrected chi connectivity index (χ4v) is 3.11. The SMILES string of the molecule is CCCC1(CNC(=O)C2CCCC(N)C2)CC1.Cl. The molecule has 0 aromatic heterocycles. The zero-order valence-corrected chi connectivity index (χ0v) is 12.2. The van der Waals surface area contributed by atoms with Crippen molar-refractivity contribution in [3.05, 3.63) is 0 Å². The van der Waals surface area contributed by atoms with E-state index in [9.17, 15) is 4.79 Å². The van der Waals surface area contributed by atoms with Gasteiger partial charge < -0.3 is 11.1 Å². The molecule has 2 aliphatic carbocycles. The molecule has 106 valence electrons. The van der Waals surface area contributed by atoms with Crippen LogP contribution in [0.5, 0.6) is 0 Å². The van der Waals surface area contributed by atoms with Crippen molar-refractivity contribution in [2.24, 2.45) is 17.1 Å². The Hall–Kier alpha value is -0.280. The van der Waals surface area contributed by atoms with E-state index in [4.69, 9.17) is 5.73 Å². The van der Waals surface area contributed by atoms with Crippen molar-refractivity contribution in [3.63, 3.8) is 0 Å². The topological polar surface area (TPSA) is 55.1 Å². The standard InChI is InChI=1S/C14H26N2O.ClH/c1-2-6-14(7-8-14)10-16-13(17)11-4-3-5-12(15)9-11;/h11-12H,2-10,15H2,1H3,(H,16,17);1H. The Morgan fingerprint density at radius 1 is 1.39 bits per heavy atom. The van der Waals surface area contributed by atoms with Gasteiger partial charge >= 0.3 is 0 Å². The van der Waals surface area contributed by atoms with Crippen LogP contribution >= 0.6 is 12.4 Å². The van der Waals surface area contributed by atoms with Crippen LogP contribution in [0.25, 0.3) is 0 Å². The molecule has 1 amide bonds. The average Bonchev–Trinajstić information content (AvgIpc) is 3.07. The zero-order chi connectivity index (χ0) is 12.3. The Balaban J connectivity index is 0.00000162. The van der Waals surface area contributed by atoms with E-state index in [1.54, 1.807) is 0 Å². The van der Waals surface area contributed by atoms with E-state index in [1.807, 2.05) is 0 Å². The van der Waals surface area contributed by atoms with Crippen LogP contribution in [-0.2, 0) is 4.79 Å².